The van der Waals surface area contributed by atoms with Crippen LogP contribution in [-0.2, 0) is 7.05 Å². The monoisotopic (exact) mass is 483 g/mol. The molecule has 0 spiro atoms. The summed E-state index contributed by atoms with van der Waals surface area (Å²) in [7, 11) is 1.87. The molecule has 4 heterocycles. The molecule has 1 aromatic carbocycles. The number of pyridine rings is 1. The van der Waals surface area contributed by atoms with E-state index in [0.29, 0.717) is 28.5 Å². The van der Waals surface area contributed by atoms with Crippen molar-refractivity contribution in [2.45, 2.75) is 38.8 Å². The largest absolute Gasteiger partial charge is 0.383 e. The van der Waals surface area contributed by atoms with Gasteiger partial charge in [-0.3, -0.25) is 9.48 Å². The molecule has 0 radical (unpaired) electrons. The molecular formula is C25H25N9O2. The zero-order valence-corrected chi connectivity index (χ0v) is 20.1. The van der Waals surface area contributed by atoms with Crippen LogP contribution in [0.5, 0.6) is 0 Å². The Bertz CT molecular complexity index is 1660. The van der Waals surface area contributed by atoms with Gasteiger partial charge in [0.1, 0.15) is 23.5 Å². The van der Waals surface area contributed by atoms with Crippen LogP contribution in [0.15, 0.2) is 52.3 Å². The van der Waals surface area contributed by atoms with E-state index in [4.69, 9.17) is 10.3 Å². The Balaban J connectivity index is 1.47. The van der Waals surface area contributed by atoms with Crippen LogP contribution in [0.2, 0.25) is 0 Å². The third-order valence-electron chi connectivity index (χ3n) is 6.46. The number of nitrogens with two attached hydrogens (primary N) is 1. The summed E-state index contributed by atoms with van der Waals surface area (Å²) < 4.78 is 8.80. The summed E-state index contributed by atoms with van der Waals surface area (Å²) in [5.74, 6) is 1.42. The fraction of sp³-hybridized carbons (Fsp3) is 0.280. The SMILES string of the molecule is Cc1nc(-c2c(N)ncnc2N[C@@H](C)c2cc3cccc(-c4cnn(C)c4)c3c(=O)n2C2CC2)no1. The van der Waals surface area contributed by atoms with E-state index in [2.05, 4.69) is 36.6 Å². The summed E-state index contributed by atoms with van der Waals surface area (Å²) in [6, 6.07) is 7.89. The average Bonchev–Trinajstić information content (AvgIpc) is 3.45. The van der Waals surface area contributed by atoms with E-state index in [1.54, 1.807) is 17.8 Å². The molecule has 0 bridgehead atoms. The van der Waals surface area contributed by atoms with Crippen LogP contribution in [0.25, 0.3) is 33.3 Å². The van der Waals surface area contributed by atoms with Gasteiger partial charge in [-0.25, -0.2) is 9.97 Å². The van der Waals surface area contributed by atoms with Crippen molar-refractivity contribution in [1.29, 1.82) is 0 Å². The van der Waals surface area contributed by atoms with Crippen molar-refractivity contribution in [3.63, 3.8) is 0 Å². The highest BCUT2D eigenvalue weighted by molar-refractivity contribution is 5.96. The minimum absolute atomic E-state index is 0.00526. The molecule has 5 aromatic rings. The van der Waals surface area contributed by atoms with Gasteiger partial charge in [-0.2, -0.15) is 10.1 Å². The number of rotatable bonds is 6. The number of aryl methyl sites for hydroxylation is 2. The first kappa shape index (κ1) is 22.0. The van der Waals surface area contributed by atoms with Gasteiger partial charge in [0, 0.05) is 37.5 Å². The van der Waals surface area contributed by atoms with Crippen molar-refractivity contribution < 1.29 is 4.52 Å². The van der Waals surface area contributed by atoms with Gasteiger partial charge in [0.2, 0.25) is 11.7 Å². The van der Waals surface area contributed by atoms with Gasteiger partial charge < -0.3 is 20.1 Å². The van der Waals surface area contributed by atoms with E-state index >= 15 is 0 Å². The molecule has 36 heavy (non-hydrogen) atoms. The highest BCUT2D eigenvalue weighted by Crippen LogP contribution is 2.39. The first-order valence-corrected chi connectivity index (χ1v) is 11.8. The second kappa shape index (κ2) is 8.29. The zero-order valence-electron chi connectivity index (χ0n) is 20.1. The van der Waals surface area contributed by atoms with Gasteiger partial charge in [-0.1, -0.05) is 23.4 Å². The van der Waals surface area contributed by atoms with Crippen molar-refractivity contribution in [3.8, 4) is 22.5 Å². The fourth-order valence-electron chi connectivity index (χ4n) is 4.65. The Morgan fingerprint density at radius 2 is 2.08 bits per heavy atom. The molecule has 11 heteroatoms. The molecule has 3 N–H and O–H groups in total. The molecule has 1 saturated carbocycles. The molecule has 0 saturated heterocycles. The van der Waals surface area contributed by atoms with E-state index in [-0.39, 0.29) is 23.5 Å². The highest BCUT2D eigenvalue weighted by Gasteiger charge is 2.30. The lowest BCUT2D eigenvalue weighted by molar-refractivity contribution is 0.394. The number of hydrogen-bond donors (Lipinski definition) is 2. The summed E-state index contributed by atoms with van der Waals surface area (Å²) in [5.41, 5.74) is 9.28. The molecule has 0 aliphatic heterocycles. The van der Waals surface area contributed by atoms with Crippen LogP contribution in [0.3, 0.4) is 0 Å². The quantitative estimate of drug-likeness (QED) is 0.370. The minimum atomic E-state index is -0.272. The summed E-state index contributed by atoms with van der Waals surface area (Å²) >= 11 is 0. The van der Waals surface area contributed by atoms with Crippen molar-refractivity contribution in [3.05, 3.63) is 64.9 Å². The molecule has 4 aromatic heterocycles. The third kappa shape index (κ3) is 3.69. The lowest BCUT2D eigenvalue weighted by Crippen LogP contribution is -2.26. The molecule has 1 aliphatic rings. The van der Waals surface area contributed by atoms with Gasteiger partial charge in [-0.15, -0.1) is 0 Å². The second-order valence-corrected chi connectivity index (χ2v) is 9.13. The van der Waals surface area contributed by atoms with Gasteiger partial charge >= 0.3 is 0 Å². The van der Waals surface area contributed by atoms with Gasteiger partial charge in [0.05, 0.1) is 17.6 Å². The zero-order chi connectivity index (χ0) is 25.0. The maximum atomic E-state index is 14.0. The van der Waals surface area contributed by atoms with Gasteiger partial charge in [0.15, 0.2) is 0 Å². The number of aromatic nitrogens is 7. The maximum Gasteiger partial charge on any atom is 0.259 e. The highest BCUT2D eigenvalue weighted by atomic mass is 16.5. The summed E-state index contributed by atoms with van der Waals surface area (Å²) in [6.45, 7) is 3.70. The molecular weight excluding hydrogens is 458 g/mol. The number of nitrogens with zero attached hydrogens (tertiary/aromatic N) is 7. The molecule has 1 aliphatic carbocycles. The number of anilines is 2. The van der Waals surface area contributed by atoms with Crippen LogP contribution in [0, 0.1) is 6.92 Å². The normalized spacial score (nSPS) is 14.3. The molecule has 1 atom stereocenters. The molecule has 0 amide bonds. The number of benzene rings is 1. The number of nitrogens with one attached hydrogen (secondary N) is 1. The topological polar surface area (TPSA) is 143 Å². The number of hydrogen-bond acceptors (Lipinski definition) is 9. The van der Waals surface area contributed by atoms with Gasteiger partial charge in [0.25, 0.3) is 5.56 Å². The first-order valence-electron chi connectivity index (χ1n) is 11.8. The fourth-order valence-corrected chi connectivity index (χ4v) is 4.65. The molecule has 11 nitrogen and oxygen atoms in total. The predicted octanol–water partition coefficient (Wildman–Crippen LogP) is 3.64. The van der Waals surface area contributed by atoms with Crippen molar-refractivity contribution >= 4 is 22.4 Å². The Morgan fingerprint density at radius 1 is 1.25 bits per heavy atom. The van der Waals surface area contributed by atoms with E-state index in [9.17, 15) is 4.79 Å². The van der Waals surface area contributed by atoms with E-state index in [1.807, 2.05) is 42.9 Å². The van der Waals surface area contributed by atoms with Crippen LogP contribution in [0.4, 0.5) is 11.6 Å². The summed E-state index contributed by atoms with van der Waals surface area (Å²) in [5, 5.41) is 13.3. The molecule has 0 unspecified atom stereocenters. The number of nitrogen functional groups attached to an aromatic ring is 1. The Hall–Kier alpha value is -4.54. The Labute approximate surface area is 206 Å². The van der Waals surface area contributed by atoms with Crippen LogP contribution >= 0.6 is 0 Å². The number of fused-ring (bicyclic) bond motifs is 1. The van der Waals surface area contributed by atoms with E-state index in [1.165, 1.54) is 6.33 Å². The van der Waals surface area contributed by atoms with Crippen molar-refractivity contribution in [1.82, 2.24) is 34.5 Å². The first-order chi connectivity index (χ1) is 17.4. The van der Waals surface area contributed by atoms with E-state index < -0.39 is 0 Å². The van der Waals surface area contributed by atoms with E-state index in [0.717, 1.165) is 35.0 Å². The smallest absolute Gasteiger partial charge is 0.259 e. The lowest BCUT2D eigenvalue weighted by atomic mass is 10.00. The average molecular weight is 484 g/mol. The van der Waals surface area contributed by atoms with Crippen LogP contribution in [0.1, 0.15) is 43.4 Å². The predicted molar refractivity (Wildman–Crippen MR) is 135 cm³/mol. The van der Waals surface area contributed by atoms with Crippen LogP contribution in [-0.4, -0.2) is 34.5 Å². The van der Waals surface area contributed by atoms with Gasteiger partial charge in [-0.05, 0) is 36.8 Å². The standard InChI is InChI=1S/C25H25N9O2/c1-13(30-23-21(22(26)27-12-28-23)24-31-14(2)36-32-24)19-9-15-5-4-6-18(16-10-29-33(3)11-16)20(15)25(35)34(19)17-7-8-17/h4-6,9-13,17H,7-8H2,1-3H3,(H3,26,27,28,30)/t13-/m0/s1. The molecule has 1 fully saturated rings. The molecule has 6 rings (SSSR count). The third-order valence-corrected chi connectivity index (χ3v) is 6.46. The van der Waals surface area contributed by atoms with Crippen molar-refractivity contribution in [2.75, 3.05) is 11.1 Å². The minimum Gasteiger partial charge on any atom is -0.383 e. The van der Waals surface area contributed by atoms with Crippen LogP contribution < -0.4 is 16.6 Å². The maximum absolute atomic E-state index is 14.0. The Kier molecular flexibility index (Phi) is 5.06. The lowest BCUT2D eigenvalue weighted by Gasteiger charge is -2.22. The summed E-state index contributed by atoms with van der Waals surface area (Å²) in [4.78, 5) is 26.8. The second-order valence-electron chi connectivity index (χ2n) is 9.13. The van der Waals surface area contributed by atoms with Crippen molar-refractivity contribution in [2.24, 2.45) is 7.05 Å². The summed E-state index contributed by atoms with van der Waals surface area (Å²) in [6.07, 6.45) is 7.03. The molecule has 182 valence electrons. The Morgan fingerprint density at radius 3 is 2.78 bits per heavy atom.